The summed E-state index contributed by atoms with van der Waals surface area (Å²) >= 11 is 0. The fourth-order valence-corrected chi connectivity index (χ4v) is 5.02. The summed E-state index contributed by atoms with van der Waals surface area (Å²) in [4.78, 5) is 55.2. The predicted molar refractivity (Wildman–Crippen MR) is 120 cm³/mol. The van der Waals surface area contributed by atoms with E-state index in [1.165, 1.54) is 0 Å². The number of rotatable bonds is 4. The zero-order valence-corrected chi connectivity index (χ0v) is 19.6. The monoisotopic (exact) mass is 456 g/mol. The Kier molecular flexibility index (Phi) is 6.07. The van der Waals surface area contributed by atoms with E-state index < -0.39 is 18.1 Å². The number of methoxy groups -OCH3 is 1. The lowest BCUT2D eigenvalue weighted by molar-refractivity contribution is -0.138. The third-order valence-electron chi connectivity index (χ3n) is 6.52. The highest BCUT2D eigenvalue weighted by Crippen LogP contribution is 2.30. The first kappa shape index (κ1) is 23.1. The van der Waals surface area contributed by atoms with Gasteiger partial charge in [0.05, 0.1) is 13.2 Å². The van der Waals surface area contributed by atoms with Gasteiger partial charge in [-0.3, -0.25) is 19.2 Å². The summed E-state index contributed by atoms with van der Waals surface area (Å²) in [7, 11) is 1.56. The number of carbonyl (C=O) groups excluding carboxylic acids is 4. The molecular weight excluding hydrogens is 424 g/mol. The summed E-state index contributed by atoms with van der Waals surface area (Å²) < 4.78 is 5.15. The van der Waals surface area contributed by atoms with E-state index in [0.717, 1.165) is 0 Å². The second-order valence-corrected chi connectivity index (χ2v) is 10.3. The van der Waals surface area contributed by atoms with Crippen molar-refractivity contribution >= 4 is 23.6 Å². The number of carbonyl (C=O) groups is 4. The molecule has 0 radical (unpaired) electrons. The van der Waals surface area contributed by atoms with E-state index in [1.54, 1.807) is 41.2 Å². The van der Waals surface area contributed by atoms with Gasteiger partial charge in [0.25, 0.3) is 5.91 Å². The van der Waals surface area contributed by atoms with Crippen LogP contribution in [0, 0.1) is 5.41 Å². The highest BCUT2D eigenvalue weighted by molar-refractivity contribution is 6.01. The average Bonchev–Trinajstić information content (AvgIpc) is 3.33. The topological polar surface area (TPSA) is 108 Å². The van der Waals surface area contributed by atoms with Crippen molar-refractivity contribution in [2.75, 3.05) is 20.2 Å². The molecular formula is C24H32N4O5. The molecule has 1 aromatic rings. The van der Waals surface area contributed by atoms with Gasteiger partial charge in [-0.05, 0) is 42.5 Å². The molecule has 4 unspecified atom stereocenters. The number of nitrogens with one attached hydrogen (secondary N) is 2. The number of hydrogen-bond acceptors (Lipinski definition) is 5. The Morgan fingerprint density at radius 2 is 1.88 bits per heavy atom. The maximum Gasteiger partial charge on any atom is 0.254 e. The normalized spacial score (nSPS) is 26.9. The van der Waals surface area contributed by atoms with Crippen LogP contribution in [0.2, 0.25) is 0 Å². The molecule has 3 aliphatic rings. The van der Waals surface area contributed by atoms with Gasteiger partial charge in [-0.1, -0.05) is 20.8 Å². The maximum atomic E-state index is 13.6. The molecule has 178 valence electrons. The molecule has 33 heavy (non-hydrogen) atoms. The molecule has 9 nitrogen and oxygen atoms in total. The van der Waals surface area contributed by atoms with Crippen LogP contribution in [0.3, 0.4) is 0 Å². The van der Waals surface area contributed by atoms with Crippen LogP contribution >= 0.6 is 0 Å². The molecule has 3 saturated heterocycles. The second kappa shape index (κ2) is 8.68. The molecule has 3 heterocycles. The molecule has 3 fully saturated rings. The van der Waals surface area contributed by atoms with E-state index >= 15 is 0 Å². The molecule has 0 saturated carbocycles. The minimum absolute atomic E-state index is 0.0898. The van der Waals surface area contributed by atoms with E-state index in [4.69, 9.17) is 4.74 Å². The highest BCUT2D eigenvalue weighted by atomic mass is 16.5. The summed E-state index contributed by atoms with van der Waals surface area (Å²) in [6.45, 7) is 6.61. The molecule has 9 heteroatoms. The van der Waals surface area contributed by atoms with Crippen LogP contribution in [-0.4, -0.2) is 77.8 Å². The lowest BCUT2D eigenvalue weighted by atomic mass is 9.92. The Morgan fingerprint density at radius 3 is 2.52 bits per heavy atom. The number of fused-ring (bicyclic) bond motifs is 2. The average molecular weight is 457 g/mol. The second-order valence-electron chi connectivity index (χ2n) is 10.3. The molecule has 4 atom stereocenters. The van der Waals surface area contributed by atoms with Gasteiger partial charge in [-0.2, -0.15) is 0 Å². The van der Waals surface area contributed by atoms with Crippen LogP contribution in [0.5, 0.6) is 5.75 Å². The van der Waals surface area contributed by atoms with Crippen molar-refractivity contribution in [2.45, 2.75) is 64.2 Å². The van der Waals surface area contributed by atoms with Gasteiger partial charge in [0.15, 0.2) is 0 Å². The Bertz CT molecular complexity index is 955. The first-order chi connectivity index (χ1) is 15.6. The van der Waals surface area contributed by atoms with Gasteiger partial charge in [0.1, 0.15) is 17.8 Å². The van der Waals surface area contributed by atoms with Crippen molar-refractivity contribution in [1.29, 1.82) is 0 Å². The fraction of sp³-hybridized carbons (Fsp3) is 0.583. The SMILES string of the molecule is COc1ccc(C(=O)N2CCC3NC(=O)C4CC(NC(=O)CC(C)(C)C)CN4C(=O)C32)cc1. The van der Waals surface area contributed by atoms with Crippen LogP contribution in [0.25, 0.3) is 0 Å². The summed E-state index contributed by atoms with van der Waals surface area (Å²) in [5, 5.41) is 5.96. The Hall–Kier alpha value is -3.10. The smallest absolute Gasteiger partial charge is 0.254 e. The third-order valence-corrected chi connectivity index (χ3v) is 6.52. The van der Waals surface area contributed by atoms with Crippen molar-refractivity contribution in [3.8, 4) is 5.75 Å². The molecule has 4 rings (SSSR count). The lowest BCUT2D eigenvalue weighted by Gasteiger charge is -2.29. The van der Waals surface area contributed by atoms with Crippen molar-refractivity contribution < 1.29 is 23.9 Å². The third kappa shape index (κ3) is 4.67. The minimum atomic E-state index is -0.752. The van der Waals surface area contributed by atoms with Crippen LogP contribution < -0.4 is 15.4 Å². The van der Waals surface area contributed by atoms with Crippen molar-refractivity contribution in [1.82, 2.24) is 20.4 Å². The zero-order chi connectivity index (χ0) is 23.9. The first-order valence-corrected chi connectivity index (χ1v) is 11.4. The van der Waals surface area contributed by atoms with Gasteiger partial charge >= 0.3 is 0 Å². The number of hydrogen-bond donors (Lipinski definition) is 2. The van der Waals surface area contributed by atoms with Gasteiger partial charge < -0.3 is 25.2 Å². The number of nitrogens with zero attached hydrogens (tertiary/aromatic N) is 2. The van der Waals surface area contributed by atoms with E-state index in [0.29, 0.717) is 37.1 Å². The van der Waals surface area contributed by atoms with Gasteiger partial charge in [0.2, 0.25) is 17.7 Å². The van der Waals surface area contributed by atoms with Crippen LogP contribution in [0.15, 0.2) is 24.3 Å². The molecule has 2 N–H and O–H groups in total. The lowest BCUT2D eigenvalue weighted by Crippen LogP contribution is -2.52. The van der Waals surface area contributed by atoms with Crippen LogP contribution in [0.1, 0.15) is 50.4 Å². The number of likely N-dealkylation sites (tertiary alicyclic amines) is 1. The number of benzene rings is 1. The standard InChI is InChI=1S/C24H32N4O5/c1-24(2,3)12-19(29)25-15-11-18-21(30)26-17-9-10-27(20(17)23(32)28(18)13-15)22(31)14-5-7-16(33-4)8-6-14/h5-8,15,17-18,20H,9-13H2,1-4H3,(H,25,29)(H,26,30). The van der Waals surface area contributed by atoms with E-state index in [-0.39, 0.29) is 41.6 Å². The quantitative estimate of drug-likeness (QED) is 0.701. The zero-order valence-electron chi connectivity index (χ0n) is 19.6. The number of amides is 4. The Balaban J connectivity index is 1.50. The molecule has 0 spiro atoms. The summed E-state index contributed by atoms with van der Waals surface area (Å²) in [5.74, 6) is -0.158. The predicted octanol–water partition coefficient (Wildman–Crippen LogP) is 0.930. The van der Waals surface area contributed by atoms with Crippen molar-refractivity contribution in [3.05, 3.63) is 29.8 Å². The van der Waals surface area contributed by atoms with E-state index in [2.05, 4.69) is 10.6 Å². The Morgan fingerprint density at radius 1 is 1.18 bits per heavy atom. The maximum absolute atomic E-state index is 13.6. The Labute approximate surface area is 193 Å². The van der Waals surface area contributed by atoms with Crippen molar-refractivity contribution in [2.24, 2.45) is 5.41 Å². The highest BCUT2D eigenvalue weighted by Gasteiger charge is 2.52. The van der Waals surface area contributed by atoms with Gasteiger partial charge in [-0.15, -0.1) is 0 Å². The summed E-state index contributed by atoms with van der Waals surface area (Å²) in [6.07, 6.45) is 1.26. The van der Waals surface area contributed by atoms with E-state index in [9.17, 15) is 19.2 Å². The first-order valence-electron chi connectivity index (χ1n) is 11.4. The molecule has 1 aromatic carbocycles. The summed E-state index contributed by atoms with van der Waals surface area (Å²) in [6, 6.07) is 4.67. The van der Waals surface area contributed by atoms with Crippen molar-refractivity contribution in [3.63, 3.8) is 0 Å². The number of ether oxygens (including phenoxy) is 1. The minimum Gasteiger partial charge on any atom is -0.497 e. The van der Waals surface area contributed by atoms with E-state index in [1.807, 2.05) is 20.8 Å². The molecule has 4 amide bonds. The molecule has 3 aliphatic heterocycles. The molecule has 0 aliphatic carbocycles. The summed E-state index contributed by atoms with van der Waals surface area (Å²) in [5.41, 5.74) is 0.310. The fourth-order valence-electron chi connectivity index (χ4n) is 5.02. The van der Waals surface area contributed by atoms with Crippen LogP contribution in [-0.2, 0) is 14.4 Å². The van der Waals surface area contributed by atoms with Crippen LogP contribution in [0.4, 0.5) is 0 Å². The largest absolute Gasteiger partial charge is 0.497 e. The molecule has 0 aromatic heterocycles. The molecule has 0 bridgehead atoms. The van der Waals surface area contributed by atoms with Gasteiger partial charge in [0, 0.05) is 31.1 Å². The van der Waals surface area contributed by atoms with Gasteiger partial charge in [-0.25, -0.2) is 0 Å².